The summed E-state index contributed by atoms with van der Waals surface area (Å²) in [5.74, 6) is 0. The summed E-state index contributed by atoms with van der Waals surface area (Å²) in [6, 6.07) is 57.4. The minimum Gasteiger partial charge on any atom is -0.373 e. The van der Waals surface area contributed by atoms with E-state index in [0.29, 0.717) is 0 Å². The third-order valence-corrected chi connectivity index (χ3v) is 11.3. The van der Waals surface area contributed by atoms with E-state index in [1.165, 1.54) is 5.56 Å². The van der Waals surface area contributed by atoms with Crippen LogP contribution in [0.25, 0.3) is 78.7 Å². The number of aromatic nitrogens is 4. The topological polar surface area (TPSA) is 81.4 Å². The van der Waals surface area contributed by atoms with Gasteiger partial charge in [0.1, 0.15) is 0 Å². The smallest absolute Gasteiger partial charge is 0.0953 e. The third kappa shape index (κ3) is 5.64. The summed E-state index contributed by atoms with van der Waals surface area (Å²) < 4.78 is 0. The predicted octanol–water partition coefficient (Wildman–Crippen LogP) is 12.8. The number of rotatable bonds is 4. The number of hydrogen-bond donors (Lipinski definition) is 4. The molecule has 0 amide bonds. The molecule has 0 saturated carbocycles. The van der Waals surface area contributed by atoms with Gasteiger partial charge >= 0.3 is 0 Å². The van der Waals surface area contributed by atoms with Crippen LogP contribution in [-0.4, -0.2) is 19.9 Å². The number of benzene rings is 5. The van der Waals surface area contributed by atoms with Crippen LogP contribution in [0.3, 0.4) is 0 Å². The van der Waals surface area contributed by atoms with E-state index in [1.54, 1.807) is 0 Å². The Hall–Kier alpha value is -7.44. The summed E-state index contributed by atoms with van der Waals surface area (Å²) in [5.41, 5.74) is 19.5. The van der Waals surface area contributed by atoms with Gasteiger partial charge in [-0.05, 0) is 83.3 Å². The molecule has 8 aromatic rings. The molecule has 272 valence electrons. The maximum atomic E-state index is 5.78. The maximum absolute atomic E-state index is 5.78. The molecule has 0 radical (unpaired) electrons. The Morgan fingerprint density at radius 2 is 0.772 bits per heavy atom. The van der Waals surface area contributed by atoms with Crippen molar-refractivity contribution in [2.45, 2.75) is 19.0 Å². The van der Waals surface area contributed by atoms with Crippen LogP contribution in [0.1, 0.15) is 40.4 Å². The highest BCUT2D eigenvalue weighted by molar-refractivity contribution is 5.97. The SMILES string of the molecule is Cc1ccc2c(c1)NC1c3nc(c(-c4ccccc4)c4ccc([nH]4)c(-c4ccccc4)c4nc(c(-c5ccccc5)c5ccc([nH]5)c3-c3ccccc3)C=C4)C1N2. The molecule has 5 aromatic carbocycles. The number of nitrogens with zero attached hydrogens (tertiary/aromatic N) is 2. The van der Waals surface area contributed by atoms with Crippen LogP contribution in [-0.2, 0) is 0 Å². The molecule has 11 rings (SSSR count). The van der Waals surface area contributed by atoms with Crippen LogP contribution < -0.4 is 10.6 Å². The number of hydrogen-bond acceptors (Lipinski definition) is 4. The van der Waals surface area contributed by atoms with Crippen molar-refractivity contribution in [3.8, 4) is 44.5 Å². The molecule has 3 aliphatic heterocycles. The summed E-state index contributed by atoms with van der Waals surface area (Å²) in [7, 11) is 0. The number of fused-ring (bicyclic) bond motifs is 12. The van der Waals surface area contributed by atoms with Crippen LogP contribution in [0.4, 0.5) is 11.4 Å². The summed E-state index contributed by atoms with van der Waals surface area (Å²) >= 11 is 0. The molecule has 0 aliphatic carbocycles. The van der Waals surface area contributed by atoms with Crippen LogP contribution in [0.15, 0.2) is 164 Å². The fourth-order valence-electron chi connectivity index (χ4n) is 8.75. The average molecular weight is 735 g/mol. The summed E-state index contributed by atoms with van der Waals surface area (Å²) in [5, 5.41) is 7.96. The van der Waals surface area contributed by atoms with Gasteiger partial charge in [0.2, 0.25) is 0 Å². The molecule has 2 unspecified atom stereocenters. The van der Waals surface area contributed by atoms with E-state index in [2.05, 4.69) is 203 Å². The van der Waals surface area contributed by atoms with E-state index >= 15 is 0 Å². The largest absolute Gasteiger partial charge is 0.373 e. The van der Waals surface area contributed by atoms with E-state index in [1.807, 2.05) is 0 Å². The molecule has 8 bridgehead atoms. The number of H-pyrrole nitrogens is 2. The maximum Gasteiger partial charge on any atom is 0.0953 e. The second-order valence-corrected chi connectivity index (χ2v) is 14.9. The number of nitrogens with one attached hydrogen (secondary N) is 4. The molecule has 6 heterocycles. The number of aromatic amines is 2. The van der Waals surface area contributed by atoms with Gasteiger partial charge in [-0.25, -0.2) is 4.98 Å². The highest BCUT2D eigenvalue weighted by Crippen LogP contribution is 2.50. The lowest BCUT2D eigenvalue weighted by atomic mass is 9.92. The first kappa shape index (κ1) is 32.9. The molecule has 3 aliphatic rings. The lowest BCUT2D eigenvalue weighted by molar-refractivity contribution is 0.669. The Morgan fingerprint density at radius 1 is 0.386 bits per heavy atom. The van der Waals surface area contributed by atoms with Gasteiger partial charge in [-0.3, -0.25) is 4.98 Å². The second kappa shape index (κ2) is 13.4. The average Bonchev–Trinajstić information content (AvgIpc) is 4.09. The van der Waals surface area contributed by atoms with Crippen LogP contribution >= 0.6 is 0 Å². The quantitative estimate of drug-likeness (QED) is 0.145. The highest BCUT2D eigenvalue weighted by atomic mass is 15.1. The molecular formula is C51H38N6. The Morgan fingerprint density at radius 3 is 1.21 bits per heavy atom. The Bertz CT molecular complexity index is 3020. The van der Waals surface area contributed by atoms with Crippen LogP contribution in [0.5, 0.6) is 0 Å². The molecule has 4 N–H and O–H groups in total. The first-order valence-corrected chi connectivity index (χ1v) is 19.5. The summed E-state index contributed by atoms with van der Waals surface area (Å²) in [4.78, 5) is 19.0. The van der Waals surface area contributed by atoms with Gasteiger partial charge in [0.15, 0.2) is 0 Å². The van der Waals surface area contributed by atoms with Gasteiger partial charge in [0.25, 0.3) is 0 Å². The highest BCUT2D eigenvalue weighted by Gasteiger charge is 2.40. The number of anilines is 2. The molecule has 57 heavy (non-hydrogen) atoms. The minimum absolute atomic E-state index is 0.177. The van der Waals surface area contributed by atoms with E-state index in [0.717, 1.165) is 101 Å². The second-order valence-electron chi connectivity index (χ2n) is 14.9. The summed E-state index contributed by atoms with van der Waals surface area (Å²) in [6.07, 6.45) is 4.30. The van der Waals surface area contributed by atoms with Crippen molar-refractivity contribution >= 4 is 45.6 Å². The zero-order valence-electron chi connectivity index (χ0n) is 31.3. The van der Waals surface area contributed by atoms with E-state index in [4.69, 9.17) is 9.97 Å². The van der Waals surface area contributed by atoms with E-state index < -0.39 is 0 Å². The standard InChI is InChI=1S/C51H38N6/c1-31-22-23-36-43(30-31)56-51-49-47(35-20-12-5-13-21-35)42-29-27-40(54-42)45(33-16-8-3-9-17-33)38-25-24-37(52-38)44(32-14-6-2-7-15-32)39-26-28-41(53-39)46(34-18-10-4-11-19-34)48(57-49)50(51)55-36/h2-30,50-51,53-56H,1H3. The molecular weight excluding hydrogens is 697 g/mol. The monoisotopic (exact) mass is 734 g/mol. The molecule has 2 atom stereocenters. The van der Waals surface area contributed by atoms with Crippen molar-refractivity contribution in [2.24, 2.45) is 0 Å². The zero-order valence-corrected chi connectivity index (χ0v) is 31.3. The molecule has 0 spiro atoms. The van der Waals surface area contributed by atoms with E-state index in [-0.39, 0.29) is 12.1 Å². The lowest BCUT2D eigenvalue weighted by Crippen LogP contribution is -2.27. The normalized spacial score (nSPS) is 15.3. The van der Waals surface area contributed by atoms with Gasteiger partial charge in [-0.2, -0.15) is 0 Å². The predicted molar refractivity (Wildman–Crippen MR) is 236 cm³/mol. The fraction of sp³-hybridized carbons (Fsp3) is 0.0588. The van der Waals surface area contributed by atoms with Crippen molar-refractivity contribution in [1.29, 1.82) is 0 Å². The van der Waals surface area contributed by atoms with Crippen molar-refractivity contribution in [1.82, 2.24) is 19.9 Å². The van der Waals surface area contributed by atoms with Gasteiger partial charge in [0, 0.05) is 44.3 Å². The fourth-order valence-corrected chi connectivity index (χ4v) is 8.75. The molecule has 6 nitrogen and oxygen atoms in total. The van der Waals surface area contributed by atoms with Gasteiger partial charge in [-0.1, -0.05) is 127 Å². The summed E-state index contributed by atoms with van der Waals surface area (Å²) in [6.45, 7) is 2.14. The Balaban J connectivity index is 1.34. The molecule has 0 saturated heterocycles. The van der Waals surface area contributed by atoms with Crippen molar-refractivity contribution in [2.75, 3.05) is 10.6 Å². The molecule has 0 fully saturated rings. The first-order valence-electron chi connectivity index (χ1n) is 19.5. The van der Waals surface area contributed by atoms with E-state index in [9.17, 15) is 0 Å². The minimum atomic E-state index is -0.178. The molecule has 3 aromatic heterocycles. The van der Waals surface area contributed by atoms with Crippen LogP contribution in [0, 0.1) is 6.92 Å². The third-order valence-electron chi connectivity index (χ3n) is 11.3. The number of aryl methyl sites for hydroxylation is 1. The Kier molecular flexibility index (Phi) is 7.74. The first-order chi connectivity index (χ1) is 28.2. The van der Waals surface area contributed by atoms with Gasteiger partial charge in [0.05, 0.1) is 46.2 Å². The zero-order chi connectivity index (χ0) is 37.9. The lowest BCUT2D eigenvalue weighted by Gasteiger charge is -2.33. The van der Waals surface area contributed by atoms with Gasteiger partial charge < -0.3 is 20.6 Å². The Labute approximate surface area is 330 Å². The van der Waals surface area contributed by atoms with Crippen LogP contribution in [0.2, 0.25) is 0 Å². The van der Waals surface area contributed by atoms with Crippen molar-refractivity contribution in [3.63, 3.8) is 0 Å². The van der Waals surface area contributed by atoms with Gasteiger partial charge in [-0.15, -0.1) is 0 Å². The van der Waals surface area contributed by atoms with Crippen molar-refractivity contribution in [3.05, 3.63) is 192 Å². The molecule has 6 heteroatoms. The van der Waals surface area contributed by atoms with Crippen molar-refractivity contribution < 1.29 is 0 Å².